The number of halogens is 1. The highest BCUT2D eigenvalue weighted by molar-refractivity contribution is 7.89. The van der Waals surface area contributed by atoms with Crippen molar-refractivity contribution in [3.05, 3.63) is 59.4 Å². The van der Waals surface area contributed by atoms with E-state index in [1.165, 1.54) is 18.4 Å². The van der Waals surface area contributed by atoms with Gasteiger partial charge in [0.05, 0.1) is 23.8 Å². The van der Waals surface area contributed by atoms with Gasteiger partial charge in [0.15, 0.2) is 15.7 Å². The molecule has 0 N–H and O–H groups in total. The summed E-state index contributed by atoms with van der Waals surface area (Å²) in [5.41, 5.74) is 2.19. The molecule has 8 heteroatoms. The molecule has 0 amide bonds. The Morgan fingerprint density at radius 2 is 2.03 bits per heavy atom. The third kappa shape index (κ3) is 4.82. The van der Waals surface area contributed by atoms with Crippen molar-refractivity contribution in [2.24, 2.45) is 9.98 Å². The number of anilines is 1. The van der Waals surface area contributed by atoms with Crippen molar-refractivity contribution in [3.8, 4) is 5.75 Å². The van der Waals surface area contributed by atoms with E-state index in [1.807, 2.05) is 23.1 Å². The molecule has 0 aromatic heterocycles. The van der Waals surface area contributed by atoms with Crippen molar-refractivity contribution in [2.45, 2.75) is 31.1 Å². The van der Waals surface area contributed by atoms with E-state index in [-0.39, 0.29) is 17.7 Å². The molecule has 0 bridgehead atoms. The molecule has 0 atom stereocenters. The number of aliphatic imine (C=N–C) groups is 2. The monoisotopic (exact) mass is 415 g/mol. The number of amidine groups is 1. The molecule has 1 heterocycles. The Balaban J connectivity index is 1.52. The van der Waals surface area contributed by atoms with Crippen LogP contribution in [0.5, 0.6) is 5.75 Å². The number of hydrogen-bond acceptors (Lipinski definition) is 6. The van der Waals surface area contributed by atoms with Crippen molar-refractivity contribution < 1.29 is 17.5 Å². The molecule has 0 radical (unpaired) electrons. The van der Waals surface area contributed by atoms with E-state index < -0.39 is 9.84 Å². The first-order valence-corrected chi connectivity index (χ1v) is 11.5. The van der Waals surface area contributed by atoms with Crippen molar-refractivity contribution in [1.82, 2.24) is 0 Å². The van der Waals surface area contributed by atoms with Crippen LogP contribution in [0.15, 0.2) is 52.4 Å². The first-order valence-electron chi connectivity index (χ1n) is 9.46. The Labute approximate surface area is 169 Å². The van der Waals surface area contributed by atoms with Gasteiger partial charge in [-0.2, -0.15) is 0 Å². The molecule has 2 aromatic carbocycles. The fourth-order valence-corrected chi connectivity index (χ4v) is 4.01. The Morgan fingerprint density at radius 3 is 2.69 bits per heavy atom. The molecule has 4 rings (SSSR count). The van der Waals surface area contributed by atoms with E-state index >= 15 is 0 Å². The first-order chi connectivity index (χ1) is 13.9. The van der Waals surface area contributed by atoms with Crippen LogP contribution < -0.4 is 9.64 Å². The molecule has 2 aromatic rings. The first kappa shape index (κ1) is 19.6. The van der Waals surface area contributed by atoms with E-state index in [2.05, 4.69) is 9.98 Å². The second-order valence-corrected chi connectivity index (χ2v) is 9.53. The van der Waals surface area contributed by atoms with Crippen LogP contribution in [-0.4, -0.2) is 39.6 Å². The van der Waals surface area contributed by atoms with Crippen LogP contribution in [0.3, 0.4) is 0 Å². The summed E-state index contributed by atoms with van der Waals surface area (Å²) in [6.07, 6.45) is 6.06. The molecular weight excluding hydrogens is 393 g/mol. The minimum atomic E-state index is -3.11. The van der Waals surface area contributed by atoms with Gasteiger partial charge in [-0.05, 0) is 49.1 Å². The topological polar surface area (TPSA) is 71.3 Å². The number of rotatable bonds is 6. The van der Waals surface area contributed by atoms with Crippen LogP contribution in [0.2, 0.25) is 0 Å². The lowest BCUT2D eigenvalue weighted by molar-refractivity contribution is 0.119. The molecular formula is C21H22FN3O3S. The fraction of sp³-hybridized carbons (Fsp3) is 0.333. The highest BCUT2D eigenvalue weighted by atomic mass is 32.2. The molecule has 6 nitrogen and oxygen atoms in total. The lowest BCUT2D eigenvalue weighted by Gasteiger charge is -2.28. The maximum atomic E-state index is 13.7. The molecule has 1 aliphatic carbocycles. The van der Waals surface area contributed by atoms with E-state index in [4.69, 9.17) is 4.74 Å². The van der Waals surface area contributed by atoms with Gasteiger partial charge >= 0.3 is 0 Å². The lowest BCUT2D eigenvalue weighted by Crippen LogP contribution is -2.28. The highest BCUT2D eigenvalue weighted by Crippen LogP contribution is 2.29. The van der Waals surface area contributed by atoms with Crippen LogP contribution >= 0.6 is 0 Å². The maximum absolute atomic E-state index is 13.7. The normalized spacial score (nSPS) is 17.0. The molecule has 152 valence electrons. The zero-order chi connectivity index (χ0) is 20.4. The maximum Gasteiger partial charge on any atom is 0.161 e. The zero-order valence-corrected chi connectivity index (χ0v) is 16.9. The molecule has 0 saturated heterocycles. The summed E-state index contributed by atoms with van der Waals surface area (Å²) in [5.74, 6) is 0.586. The van der Waals surface area contributed by atoms with Crippen LogP contribution in [0.4, 0.5) is 10.1 Å². The average molecular weight is 415 g/mol. The lowest BCUT2D eigenvalue weighted by atomic mass is 9.96. The predicted molar refractivity (Wildman–Crippen MR) is 112 cm³/mol. The number of ether oxygens (including phenoxy) is 1. The summed E-state index contributed by atoms with van der Waals surface area (Å²) in [4.78, 5) is 10.8. The summed E-state index contributed by atoms with van der Waals surface area (Å²) < 4.78 is 42.7. The van der Waals surface area contributed by atoms with Gasteiger partial charge < -0.3 is 9.64 Å². The predicted octanol–water partition coefficient (Wildman–Crippen LogP) is 3.55. The van der Waals surface area contributed by atoms with E-state index in [0.717, 1.165) is 24.9 Å². The van der Waals surface area contributed by atoms with Crippen LogP contribution in [-0.2, 0) is 15.6 Å². The van der Waals surface area contributed by atoms with Crippen LogP contribution in [0.25, 0.3) is 0 Å². The number of sulfone groups is 1. The number of hydrogen-bond donors (Lipinski definition) is 0. The van der Waals surface area contributed by atoms with Crippen molar-refractivity contribution in [3.63, 3.8) is 0 Å². The largest absolute Gasteiger partial charge is 0.490 e. The Bertz CT molecular complexity index is 1080. The van der Waals surface area contributed by atoms with Gasteiger partial charge in [0.2, 0.25) is 0 Å². The third-order valence-electron chi connectivity index (χ3n) is 4.89. The van der Waals surface area contributed by atoms with Crippen molar-refractivity contribution >= 4 is 27.7 Å². The van der Waals surface area contributed by atoms with Crippen molar-refractivity contribution in [1.29, 1.82) is 0 Å². The summed E-state index contributed by atoms with van der Waals surface area (Å²) in [7, 11) is -3.11. The summed E-state index contributed by atoms with van der Waals surface area (Å²) in [6.45, 7) is 0.321. The number of benzene rings is 2. The van der Waals surface area contributed by atoms with Gasteiger partial charge in [0, 0.05) is 18.0 Å². The van der Waals surface area contributed by atoms with Gasteiger partial charge in [-0.15, -0.1) is 0 Å². The van der Waals surface area contributed by atoms with E-state index in [0.29, 0.717) is 29.4 Å². The minimum absolute atomic E-state index is 0.0161. The molecule has 2 aliphatic rings. The smallest absolute Gasteiger partial charge is 0.161 e. The van der Waals surface area contributed by atoms with Gasteiger partial charge in [-0.1, -0.05) is 12.1 Å². The second kappa shape index (κ2) is 7.94. The van der Waals surface area contributed by atoms with E-state index in [1.54, 1.807) is 18.5 Å². The molecule has 0 spiro atoms. The zero-order valence-electron chi connectivity index (χ0n) is 16.1. The quantitative estimate of drug-likeness (QED) is 0.723. The molecule has 1 fully saturated rings. The molecule has 29 heavy (non-hydrogen) atoms. The number of nitrogens with zero attached hydrogens (tertiary/aromatic N) is 3. The third-order valence-corrected chi connectivity index (χ3v) is 5.75. The Kier molecular flexibility index (Phi) is 5.36. The second-order valence-electron chi connectivity index (χ2n) is 7.39. The average Bonchev–Trinajstić information content (AvgIpc) is 2.64. The van der Waals surface area contributed by atoms with Crippen LogP contribution in [0.1, 0.15) is 30.4 Å². The van der Waals surface area contributed by atoms with Crippen molar-refractivity contribution in [2.75, 3.05) is 17.8 Å². The van der Waals surface area contributed by atoms with Gasteiger partial charge in [0.25, 0.3) is 0 Å². The molecule has 1 aliphatic heterocycles. The van der Waals surface area contributed by atoms with Gasteiger partial charge in [0.1, 0.15) is 18.2 Å². The van der Waals surface area contributed by atoms with E-state index in [9.17, 15) is 12.8 Å². The molecule has 0 unspecified atom stereocenters. The summed E-state index contributed by atoms with van der Waals surface area (Å²) >= 11 is 0. The van der Waals surface area contributed by atoms with Gasteiger partial charge in [-0.3, -0.25) is 0 Å². The Morgan fingerprint density at radius 1 is 1.21 bits per heavy atom. The van der Waals surface area contributed by atoms with Gasteiger partial charge in [-0.25, -0.2) is 22.8 Å². The highest BCUT2D eigenvalue weighted by Gasteiger charge is 2.22. The fourth-order valence-electron chi connectivity index (χ4n) is 3.22. The standard InChI is InChI=1S/C21H22FN3O3S/c1-29(26,27)12-15-4-2-5-17(10-15)25-13-23-21(24-14-25)19-9-8-16(22)11-20(19)28-18-6-3-7-18/h2,4-5,8-11,13,18H,3,6-7,12,14H2,1H3. The molecule has 1 saturated carbocycles. The minimum Gasteiger partial charge on any atom is -0.490 e. The Hall–Kier alpha value is -2.74. The summed E-state index contributed by atoms with van der Waals surface area (Å²) in [6, 6.07) is 11.7. The summed E-state index contributed by atoms with van der Waals surface area (Å²) in [5, 5.41) is 0. The SMILES string of the molecule is CS(=O)(=O)Cc1cccc(N2C=NC(c3ccc(F)cc3OC3CCC3)=NC2)c1. The van der Waals surface area contributed by atoms with Crippen LogP contribution in [0, 0.1) is 5.82 Å².